The molecule has 0 aliphatic heterocycles. The number of rotatable bonds is 28. The Labute approximate surface area is 566 Å². The molecular formula is C91H90N4. The Morgan fingerprint density at radius 1 is 0.253 bits per heavy atom. The van der Waals surface area contributed by atoms with Crippen LogP contribution in [0.3, 0.4) is 0 Å². The van der Waals surface area contributed by atoms with Gasteiger partial charge in [0.2, 0.25) is 0 Å². The first-order valence-electron chi connectivity index (χ1n) is 35.1. The highest BCUT2D eigenvalue weighted by Crippen LogP contribution is 2.48. The molecule has 0 radical (unpaired) electrons. The lowest BCUT2D eigenvalue weighted by molar-refractivity contribution is 0.579. The molecule has 1 aliphatic carbocycles. The van der Waals surface area contributed by atoms with Crippen molar-refractivity contribution in [3.05, 3.63) is 348 Å². The number of benzene rings is 12. The van der Waals surface area contributed by atoms with Crippen LogP contribution in [0.4, 0.5) is 68.2 Å². The summed E-state index contributed by atoms with van der Waals surface area (Å²) in [7, 11) is 0. The fraction of sp³-hybridized carbons (Fsp3) is 0.209. The van der Waals surface area contributed by atoms with Crippen LogP contribution in [-0.2, 0) is 6.42 Å². The highest BCUT2D eigenvalue weighted by molar-refractivity contribution is 5.84. The zero-order chi connectivity index (χ0) is 64.7. The first-order valence-corrected chi connectivity index (χ1v) is 35.1. The predicted molar refractivity (Wildman–Crippen MR) is 406 cm³/mol. The van der Waals surface area contributed by atoms with Crippen molar-refractivity contribution in [1.82, 2.24) is 0 Å². The highest BCUT2D eigenvalue weighted by atomic mass is 15.2. The molecule has 0 aromatic heterocycles. The topological polar surface area (TPSA) is 13.0 Å². The fourth-order valence-electron chi connectivity index (χ4n) is 14.7. The molecule has 0 spiro atoms. The van der Waals surface area contributed by atoms with Crippen LogP contribution in [0.1, 0.15) is 147 Å². The SMILES string of the molecule is CCCCCCCC(c1ccc(N(c2ccccc2)c2ccc(N(c3ccccc3)c3ccccc3)cc2)cc1)c1cc2c(cc1C)Cc1cc(C)c(C(CCCCCCC)c3ccc(N(c4ccccc4)c4ccc(N(c5ccccc5)c5ccccc5)cc4)cc3)cc1-2. The van der Waals surface area contributed by atoms with Crippen molar-refractivity contribution in [1.29, 1.82) is 0 Å². The summed E-state index contributed by atoms with van der Waals surface area (Å²) in [5, 5.41) is 0. The summed E-state index contributed by atoms with van der Waals surface area (Å²) in [5.74, 6) is 0.523. The second-order valence-corrected chi connectivity index (χ2v) is 26.0. The van der Waals surface area contributed by atoms with Gasteiger partial charge in [0.1, 0.15) is 0 Å². The van der Waals surface area contributed by atoms with Crippen molar-refractivity contribution in [3.63, 3.8) is 0 Å². The van der Waals surface area contributed by atoms with E-state index in [9.17, 15) is 0 Å². The van der Waals surface area contributed by atoms with Crippen LogP contribution >= 0.6 is 0 Å². The molecule has 0 saturated heterocycles. The lowest BCUT2D eigenvalue weighted by Crippen LogP contribution is -2.12. The van der Waals surface area contributed by atoms with Crippen LogP contribution in [0.2, 0.25) is 0 Å². The average molecular weight is 1240 g/mol. The molecular weight excluding hydrogens is 1150 g/mol. The molecule has 12 aromatic rings. The van der Waals surface area contributed by atoms with Gasteiger partial charge in [-0.25, -0.2) is 0 Å². The van der Waals surface area contributed by atoms with Gasteiger partial charge in [-0.1, -0.05) is 224 Å². The maximum atomic E-state index is 2.63. The number of para-hydroxylation sites is 6. The van der Waals surface area contributed by atoms with Gasteiger partial charge >= 0.3 is 0 Å². The van der Waals surface area contributed by atoms with Gasteiger partial charge in [-0.05, 0) is 246 Å². The molecule has 0 saturated carbocycles. The number of nitrogens with zero attached hydrogens (tertiary/aromatic N) is 4. The third-order valence-corrected chi connectivity index (χ3v) is 19.5. The number of anilines is 12. The Morgan fingerprint density at radius 2 is 0.474 bits per heavy atom. The second kappa shape index (κ2) is 30.7. The first-order chi connectivity index (χ1) is 46.9. The highest BCUT2D eigenvalue weighted by Gasteiger charge is 2.28. The molecule has 4 heteroatoms. The Hall–Kier alpha value is -10.2. The van der Waals surface area contributed by atoms with E-state index >= 15 is 0 Å². The molecule has 2 atom stereocenters. The summed E-state index contributed by atoms with van der Waals surface area (Å²) in [4.78, 5) is 9.46. The van der Waals surface area contributed by atoms with Crippen molar-refractivity contribution in [3.8, 4) is 11.1 Å². The zero-order valence-electron chi connectivity index (χ0n) is 56.0. The van der Waals surface area contributed by atoms with Crippen LogP contribution in [-0.4, -0.2) is 0 Å². The van der Waals surface area contributed by atoms with Gasteiger partial charge in [0.05, 0.1) is 0 Å². The number of unbranched alkanes of at least 4 members (excludes halogenated alkanes) is 8. The minimum Gasteiger partial charge on any atom is -0.311 e. The molecule has 0 amide bonds. The first kappa shape index (κ1) is 63.6. The minimum atomic E-state index is 0.261. The van der Waals surface area contributed by atoms with Gasteiger partial charge in [0, 0.05) is 80.1 Å². The average Bonchev–Trinajstić information content (AvgIpc) is 1.66. The molecule has 12 aromatic carbocycles. The van der Waals surface area contributed by atoms with Gasteiger partial charge in [0.15, 0.2) is 0 Å². The van der Waals surface area contributed by atoms with Gasteiger partial charge < -0.3 is 19.6 Å². The molecule has 0 fully saturated rings. The second-order valence-electron chi connectivity index (χ2n) is 26.0. The fourth-order valence-corrected chi connectivity index (χ4v) is 14.7. The van der Waals surface area contributed by atoms with E-state index in [1.54, 1.807) is 0 Å². The largest absolute Gasteiger partial charge is 0.311 e. The summed E-state index contributed by atoms with van der Waals surface area (Å²) < 4.78 is 0. The van der Waals surface area contributed by atoms with E-state index in [1.807, 2.05) is 0 Å². The molecule has 0 heterocycles. The molecule has 474 valence electrons. The maximum Gasteiger partial charge on any atom is 0.0463 e. The molecule has 0 N–H and O–H groups in total. The zero-order valence-corrected chi connectivity index (χ0v) is 56.0. The van der Waals surface area contributed by atoms with Crippen molar-refractivity contribution in [2.24, 2.45) is 0 Å². The maximum absolute atomic E-state index is 2.63. The van der Waals surface area contributed by atoms with Gasteiger partial charge in [-0.15, -0.1) is 0 Å². The summed E-state index contributed by atoms with van der Waals surface area (Å²) in [6, 6.07) is 112. The lowest BCUT2D eigenvalue weighted by Gasteiger charge is -2.29. The van der Waals surface area contributed by atoms with E-state index in [0.717, 1.165) is 87.5 Å². The predicted octanol–water partition coefficient (Wildman–Crippen LogP) is 26.7. The quantitative estimate of drug-likeness (QED) is 0.0453. The monoisotopic (exact) mass is 1240 g/mol. The van der Waals surface area contributed by atoms with E-state index < -0.39 is 0 Å². The number of fused-ring (bicyclic) bond motifs is 3. The molecule has 13 rings (SSSR count). The summed E-state index contributed by atoms with van der Waals surface area (Å²) in [6.07, 6.45) is 15.7. The summed E-state index contributed by atoms with van der Waals surface area (Å²) in [5.41, 5.74) is 27.7. The van der Waals surface area contributed by atoms with Crippen LogP contribution < -0.4 is 19.6 Å². The van der Waals surface area contributed by atoms with Gasteiger partial charge in [-0.2, -0.15) is 0 Å². The smallest absolute Gasteiger partial charge is 0.0463 e. The van der Waals surface area contributed by atoms with E-state index in [1.165, 1.54) is 120 Å². The number of hydrogen-bond donors (Lipinski definition) is 0. The van der Waals surface area contributed by atoms with E-state index in [0.29, 0.717) is 0 Å². The van der Waals surface area contributed by atoms with Crippen molar-refractivity contribution < 1.29 is 0 Å². The minimum absolute atomic E-state index is 0.261. The summed E-state index contributed by atoms with van der Waals surface area (Å²) >= 11 is 0. The Balaban J connectivity index is 0.818. The molecule has 0 bridgehead atoms. The van der Waals surface area contributed by atoms with Crippen LogP contribution in [0.25, 0.3) is 11.1 Å². The third kappa shape index (κ3) is 14.6. The van der Waals surface area contributed by atoms with Crippen molar-refractivity contribution in [2.45, 2.75) is 123 Å². The summed E-state index contributed by atoms with van der Waals surface area (Å²) in [6.45, 7) is 9.39. The van der Waals surface area contributed by atoms with Crippen LogP contribution in [0.15, 0.2) is 303 Å². The van der Waals surface area contributed by atoms with Gasteiger partial charge in [0.25, 0.3) is 0 Å². The lowest BCUT2D eigenvalue weighted by atomic mass is 9.81. The molecule has 1 aliphatic rings. The third-order valence-electron chi connectivity index (χ3n) is 19.5. The van der Waals surface area contributed by atoms with Crippen molar-refractivity contribution in [2.75, 3.05) is 19.6 Å². The Bertz CT molecular complexity index is 3980. The Kier molecular flexibility index (Phi) is 20.6. The van der Waals surface area contributed by atoms with E-state index in [-0.39, 0.29) is 11.8 Å². The normalized spacial score (nSPS) is 12.2. The number of hydrogen-bond acceptors (Lipinski definition) is 4. The van der Waals surface area contributed by atoms with Crippen LogP contribution in [0, 0.1) is 13.8 Å². The Morgan fingerprint density at radius 3 is 0.716 bits per heavy atom. The molecule has 2 unspecified atom stereocenters. The van der Waals surface area contributed by atoms with Gasteiger partial charge in [-0.3, -0.25) is 0 Å². The van der Waals surface area contributed by atoms with Crippen LogP contribution in [0.5, 0.6) is 0 Å². The van der Waals surface area contributed by atoms with E-state index in [4.69, 9.17) is 0 Å². The number of aryl methyl sites for hydroxylation is 2. The molecule has 4 nitrogen and oxygen atoms in total. The van der Waals surface area contributed by atoms with E-state index in [2.05, 4.69) is 351 Å². The van der Waals surface area contributed by atoms with Crippen molar-refractivity contribution >= 4 is 68.2 Å². The standard InChI is InChI=1S/C91H90N4/c1-5-7-9-11-31-45-86(70-47-51-80(52-48-70)94(78-41-27-17-28-42-78)84-59-55-82(56-60-84)92(74-33-19-13-20-34-74)75-35-21-14-22-36-75)88-66-90-72(63-68(88)3)65-73-64-69(4)89(67-91(73)90)87(46-32-12-10-8-6-2)71-49-53-81(54-50-71)95(79-43-29-18-30-44-79)85-61-57-83(58-62-85)93(76-37-23-15-24-38-76)77-39-25-16-26-40-77/h13-30,33-44,47-64,66-67,86-87H,5-12,31-32,45-46,65H2,1-4H3. The molecule has 95 heavy (non-hydrogen) atoms.